The predicted molar refractivity (Wildman–Crippen MR) is 129 cm³/mol. The van der Waals surface area contributed by atoms with Gasteiger partial charge >= 0.3 is 12.1 Å². The Morgan fingerprint density at radius 1 is 1.31 bits per heavy atom. The van der Waals surface area contributed by atoms with Gasteiger partial charge in [0.05, 0.1) is 5.69 Å². The van der Waals surface area contributed by atoms with Crippen LogP contribution in [0.5, 0.6) is 0 Å². The number of hydrogen-bond donors (Lipinski definition) is 3. The highest BCUT2D eigenvalue weighted by molar-refractivity contribution is 6.30. The third-order valence-electron chi connectivity index (χ3n) is 5.56. The Kier molecular flexibility index (Phi) is 7.07. The van der Waals surface area contributed by atoms with Crippen molar-refractivity contribution in [3.05, 3.63) is 69.8 Å². The van der Waals surface area contributed by atoms with Gasteiger partial charge in [0, 0.05) is 5.92 Å². The number of amides is 2. The van der Waals surface area contributed by atoms with E-state index in [-0.39, 0.29) is 17.3 Å². The van der Waals surface area contributed by atoms with E-state index in [2.05, 4.69) is 22.2 Å². The molecule has 1 aliphatic carbocycles. The van der Waals surface area contributed by atoms with Gasteiger partial charge in [0.15, 0.2) is 5.15 Å². The number of carboxylic acids is 1. The molecule has 0 saturated heterocycles. The second-order valence-corrected chi connectivity index (χ2v) is 9.62. The van der Waals surface area contributed by atoms with Crippen LogP contribution in [-0.4, -0.2) is 43.8 Å². The van der Waals surface area contributed by atoms with Crippen LogP contribution in [0, 0.1) is 12.8 Å². The maximum absolute atomic E-state index is 13.6. The van der Waals surface area contributed by atoms with Crippen molar-refractivity contribution in [1.82, 2.24) is 14.9 Å². The average Bonchev–Trinajstić information content (AvgIpc) is 3.48. The van der Waals surface area contributed by atoms with E-state index in [1.54, 1.807) is 51.1 Å². The zero-order valence-electron chi connectivity index (χ0n) is 19.8. The van der Waals surface area contributed by atoms with Crippen molar-refractivity contribution in [2.75, 3.05) is 5.32 Å². The molecule has 0 aliphatic heterocycles. The Morgan fingerprint density at radius 3 is 2.46 bits per heavy atom. The summed E-state index contributed by atoms with van der Waals surface area (Å²) in [5.74, 6) is -2.83. The highest BCUT2D eigenvalue weighted by Gasteiger charge is 2.60. The molecule has 1 aromatic carbocycles. The lowest BCUT2D eigenvalue weighted by atomic mass is 10.0. The van der Waals surface area contributed by atoms with Crippen molar-refractivity contribution < 1.29 is 24.2 Å². The van der Waals surface area contributed by atoms with E-state index in [9.17, 15) is 24.3 Å². The number of rotatable bonds is 7. The summed E-state index contributed by atoms with van der Waals surface area (Å²) >= 11 is 6.28. The smallest absolute Gasteiger partial charge is 0.413 e. The fourth-order valence-electron chi connectivity index (χ4n) is 3.74. The molecule has 3 rings (SSSR count). The van der Waals surface area contributed by atoms with Crippen molar-refractivity contribution >= 4 is 35.4 Å². The number of anilines is 1. The maximum atomic E-state index is 13.6. The van der Waals surface area contributed by atoms with Crippen molar-refractivity contribution in [1.29, 1.82) is 0 Å². The second kappa shape index (κ2) is 9.53. The first-order valence-corrected chi connectivity index (χ1v) is 11.2. The monoisotopic (exact) mass is 502 g/mol. The molecule has 1 aromatic heterocycles. The number of aromatic nitrogens is 2. The molecular weight excluding hydrogens is 476 g/mol. The molecule has 0 unspecified atom stereocenters. The van der Waals surface area contributed by atoms with Gasteiger partial charge in [0.2, 0.25) is 11.7 Å². The van der Waals surface area contributed by atoms with Gasteiger partial charge in [0.25, 0.3) is 5.56 Å². The van der Waals surface area contributed by atoms with Gasteiger partial charge in [-0.25, -0.2) is 14.6 Å². The van der Waals surface area contributed by atoms with Gasteiger partial charge in [-0.2, -0.15) is 0 Å². The molecule has 186 valence electrons. The number of aliphatic carboxylic acids is 1. The van der Waals surface area contributed by atoms with Gasteiger partial charge in [-0.05, 0) is 39.7 Å². The van der Waals surface area contributed by atoms with E-state index in [0.29, 0.717) is 5.56 Å². The lowest BCUT2D eigenvalue weighted by molar-refractivity contribution is -0.143. The largest absolute Gasteiger partial charge is 0.479 e. The summed E-state index contributed by atoms with van der Waals surface area (Å²) in [6.07, 6.45) is 0.719. The SMILES string of the molecule is C=C[C@@H]1C[C@]1(NC(=O)[C@H](c1ccccc1)n1c(C)c(Cl)nc(NC(=O)OC(C)(C)C)c1=O)C(=O)O. The normalized spacial score (nSPS) is 19.9. The molecule has 1 aliphatic rings. The topological polar surface area (TPSA) is 140 Å². The molecule has 1 saturated carbocycles. The summed E-state index contributed by atoms with van der Waals surface area (Å²) in [5, 5.41) is 14.5. The molecule has 0 radical (unpaired) electrons. The van der Waals surface area contributed by atoms with E-state index in [4.69, 9.17) is 16.3 Å². The number of halogens is 1. The molecule has 3 atom stereocenters. The Morgan fingerprint density at radius 2 is 1.94 bits per heavy atom. The minimum Gasteiger partial charge on any atom is -0.479 e. The highest BCUT2D eigenvalue weighted by Crippen LogP contribution is 2.45. The molecule has 35 heavy (non-hydrogen) atoms. The average molecular weight is 503 g/mol. The number of hydrogen-bond acceptors (Lipinski definition) is 6. The molecule has 1 fully saturated rings. The Bertz CT molecular complexity index is 1240. The van der Waals surface area contributed by atoms with E-state index in [1.807, 2.05) is 0 Å². The predicted octanol–water partition coefficient (Wildman–Crippen LogP) is 3.29. The summed E-state index contributed by atoms with van der Waals surface area (Å²) in [7, 11) is 0. The molecule has 0 spiro atoms. The quantitative estimate of drug-likeness (QED) is 0.493. The van der Waals surface area contributed by atoms with E-state index in [0.717, 1.165) is 4.57 Å². The van der Waals surface area contributed by atoms with Crippen LogP contribution < -0.4 is 16.2 Å². The van der Waals surface area contributed by atoms with E-state index in [1.165, 1.54) is 13.0 Å². The zero-order valence-corrected chi connectivity index (χ0v) is 20.5. The summed E-state index contributed by atoms with van der Waals surface area (Å²) in [6, 6.07) is 7.03. The van der Waals surface area contributed by atoms with Crippen LogP contribution in [-0.2, 0) is 14.3 Å². The van der Waals surface area contributed by atoms with Gasteiger partial charge in [-0.3, -0.25) is 19.5 Å². The third kappa shape index (κ3) is 5.37. The summed E-state index contributed by atoms with van der Waals surface area (Å²) in [4.78, 5) is 55.2. The molecule has 2 amide bonds. The maximum Gasteiger partial charge on any atom is 0.413 e. The standard InChI is InChI=1S/C24H27ClN4O6/c1-6-15-12-24(15,21(32)33)28-19(30)16(14-10-8-7-9-11-14)29-13(2)17(25)26-18(20(29)31)27-22(34)35-23(3,4)5/h6-11,15-16H,1,12H2,2-5H3,(H,28,30)(H,32,33)(H,26,27,34)/t15-,16+,24-/m1/s1. The van der Waals surface area contributed by atoms with Crippen LogP contribution in [0.4, 0.5) is 10.6 Å². The van der Waals surface area contributed by atoms with Crippen LogP contribution in [0.15, 0.2) is 47.8 Å². The first kappa shape index (κ1) is 26.0. The Labute approximate surface area is 207 Å². The fraction of sp³-hybridized carbons (Fsp3) is 0.375. The van der Waals surface area contributed by atoms with Crippen LogP contribution in [0.3, 0.4) is 0 Å². The number of carboxylic acid groups (broad SMARTS) is 1. The molecule has 11 heteroatoms. The van der Waals surface area contributed by atoms with Crippen molar-refractivity contribution in [3.63, 3.8) is 0 Å². The van der Waals surface area contributed by atoms with Crippen molar-refractivity contribution in [2.24, 2.45) is 5.92 Å². The van der Waals surface area contributed by atoms with Crippen molar-refractivity contribution in [2.45, 2.75) is 51.3 Å². The van der Waals surface area contributed by atoms with Gasteiger partial charge in [0.1, 0.15) is 17.2 Å². The number of ether oxygens (including phenoxy) is 1. The van der Waals surface area contributed by atoms with Gasteiger partial charge in [-0.1, -0.05) is 48.0 Å². The summed E-state index contributed by atoms with van der Waals surface area (Å²) in [5.41, 5.74) is -2.62. The zero-order chi connectivity index (χ0) is 26.1. The molecule has 3 N–H and O–H groups in total. The van der Waals surface area contributed by atoms with Crippen molar-refractivity contribution in [3.8, 4) is 0 Å². The number of nitrogens with one attached hydrogen (secondary N) is 2. The summed E-state index contributed by atoms with van der Waals surface area (Å²) < 4.78 is 6.27. The number of nitrogens with zero attached hydrogens (tertiary/aromatic N) is 2. The third-order valence-corrected chi connectivity index (χ3v) is 5.92. The molecule has 10 nitrogen and oxygen atoms in total. The van der Waals surface area contributed by atoms with Crippen LogP contribution in [0.2, 0.25) is 5.15 Å². The minimum absolute atomic E-state index is 0.132. The first-order chi connectivity index (χ1) is 16.3. The van der Waals surface area contributed by atoms with Crippen LogP contribution >= 0.6 is 11.6 Å². The molecule has 1 heterocycles. The highest BCUT2D eigenvalue weighted by atomic mass is 35.5. The summed E-state index contributed by atoms with van der Waals surface area (Å²) in [6.45, 7) is 10.1. The Hall–Kier alpha value is -3.66. The fourth-order valence-corrected chi connectivity index (χ4v) is 3.92. The second-order valence-electron chi connectivity index (χ2n) is 9.26. The van der Waals surface area contributed by atoms with Crippen LogP contribution in [0.25, 0.3) is 0 Å². The van der Waals surface area contributed by atoms with E-state index >= 15 is 0 Å². The Balaban J connectivity index is 2.10. The number of carbonyl (C=O) groups excluding carboxylic acids is 2. The first-order valence-electron chi connectivity index (χ1n) is 10.8. The van der Waals surface area contributed by atoms with E-state index < -0.39 is 52.4 Å². The van der Waals surface area contributed by atoms with Gasteiger partial charge < -0.3 is 15.2 Å². The van der Waals surface area contributed by atoms with Gasteiger partial charge in [-0.15, -0.1) is 6.58 Å². The van der Waals surface area contributed by atoms with Crippen LogP contribution in [0.1, 0.15) is 44.5 Å². The molecule has 0 bridgehead atoms. The molecular formula is C24H27ClN4O6. The molecule has 2 aromatic rings. The lowest BCUT2D eigenvalue weighted by Gasteiger charge is -2.25. The number of benzene rings is 1. The lowest BCUT2D eigenvalue weighted by Crippen LogP contribution is -2.49. The minimum atomic E-state index is -1.52. The number of carbonyl (C=O) groups is 3.